The molecule has 0 heterocycles. The lowest BCUT2D eigenvalue weighted by molar-refractivity contribution is 1.63. The average molecular weight is 273 g/mol. The van der Waals surface area contributed by atoms with Gasteiger partial charge in [-0.3, -0.25) is 0 Å². The van der Waals surface area contributed by atoms with E-state index >= 15 is 0 Å². The van der Waals surface area contributed by atoms with Gasteiger partial charge in [0.25, 0.3) is 0 Å². The first-order valence-corrected chi connectivity index (χ1v) is 7.16. The third-order valence-electron chi connectivity index (χ3n) is 2.47. The van der Waals surface area contributed by atoms with Crippen molar-refractivity contribution in [3.63, 3.8) is 0 Å². The van der Waals surface area contributed by atoms with Crippen molar-refractivity contribution in [3.8, 4) is 11.1 Å². The summed E-state index contributed by atoms with van der Waals surface area (Å²) in [6.07, 6.45) is 0. The van der Waals surface area contributed by atoms with Crippen LogP contribution in [-0.2, 0) is 0 Å². The second-order valence-electron chi connectivity index (χ2n) is 3.42. The molecule has 0 saturated carbocycles. The Bertz CT molecular complexity index is 395. The molecule has 0 aliphatic heterocycles. The molecule has 15 heavy (non-hydrogen) atoms. The van der Waals surface area contributed by atoms with Crippen molar-refractivity contribution in [2.45, 2.75) is 5.05 Å². The van der Waals surface area contributed by atoms with Gasteiger partial charge in [0, 0.05) is 0 Å². The molecule has 0 N–H and O–H groups in total. The maximum atomic E-state index is 2.32. The van der Waals surface area contributed by atoms with E-state index in [4.69, 9.17) is 0 Å². The van der Waals surface area contributed by atoms with E-state index in [1.807, 2.05) is 0 Å². The van der Waals surface area contributed by atoms with Gasteiger partial charge in [-0.05, 0) is 11.1 Å². The van der Waals surface area contributed by atoms with Crippen molar-refractivity contribution < 1.29 is 0 Å². The predicted octanol–water partition coefficient (Wildman–Crippen LogP) is 3.31. The van der Waals surface area contributed by atoms with Crippen LogP contribution < -0.4 is 3.69 Å². The van der Waals surface area contributed by atoms with Gasteiger partial charge in [0.2, 0.25) is 0 Å². The Balaban J connectivity index is 0.00000112. The van der Waals surface area contributed by atoms with Crippen LogP contribution in [0.3, 0.4) is 0 Å². The highest BCUT2D eigenvalue weighted by Crippen LogP contribution is 2.16. The molecule has 0 saturated heterocycles. The highest BCUT2D eigenvalue weighted by atomic mass is 79.9. The van der Waals surface area contributed by atoms with Crippen molar-refractivity contribution in [1.82, 2.24) is 0 Å². The number of rotatable bonds is 2. The van der Waals surface area contributed by atoms with Crippen LogP contribution in [0, 0.1) is 0 Å². The van der Waals surface area contributed by atoms with Crippen molar-refractivity contribution in [3.05, 3.63) is 54.6 Å². The zero-order valence-electron chi connectivity index (χ0n) is 8.81. The maximum absolute atomic E-state index is 2.32. The first kappa shape index (κ1) is 12.8. The summed E-state index contributed by atoms with van der Waals surface area (Å²) in [6, 6.07) is 19.5. The number of hydrogen-bond donors (Lipinski definition) is 0. The monoisotopic (exact) mass is 272 g/mol. The molecule has 0 fully saturated rings. The quantitative estimate of drug-likeness (QED) is 0.737. The molecular formula is C13H13BrMg. The molecule has 0 bridgehead atoms. The third kappa shape index (κ3) is 3.33. The first-order chi connectivity index (χ1) is 6.90. The van der Waals surface area contributed by atoms with Crippen LogP contribution in [0.5, 0.6) is 0 Å². The van der Waals surface area contributed by atoms with Crippen molar-refractivity contribution in [2.24, 2.45) is 0 Å². The Labute approximate surface area is 111 Å². The van der Waals surface area contributed by atoms with E-state index in [1.165, 1.54) is 14.8 Å². The molecule has 0 radical (unpaired) electrons. The fraction of sp³-hybridized carbons (Fsp3) is 0.0769. The molecule has 0 atom stereocenters. The highest BCUT2D eigenvalue weighted by molar-refractivity contribution is 8.93. The van der Waals surface area contributed by atoms with Crippen LogP contribution in [0.2, 0.25) is 5.05 Å². The number of benzene rings is 2. The summed E-state index contributed by atoms with van der Waals surface area (Å²) >= 11 is -0.00456. The van der Waals surface area contributed by atoms with Gasteiger partial charge in [-0.15, -0.1) is 22.0 Å². The van der Waals surface area contributed by atoms with E-state index in [-0.39, 0.29) is 37.3 Å². The summed E-state index contributed by atoms with van der Waals surface area (Å²) in [5, 5.41) is 2.32. The summed E-state index contributed by atoms with van der Waals surface area (Å²) in [5.41, 5.74) is 2.62. The van der Waals surface area contributed by atoms with Crippen molar-refractivity contribution in [2.75, 3.05) is 0 Å². The van der Waals surface area contributed by atoms with E-state index in [2.05, 4.69) is 59.7 Å². The molecule has 2 heteroatoms. The summed E-state index contributed by atoms with van der Waals surface area (Å²) < 4.78 is 1.53. The van der Waals surface area contributed by atoms with Crippen LogP contribution >= 0.6 is 17.0 Å². The molecule has 0 nitrogen and oxygen atoms in total. The molecule has 74 valence electrons. The second-order valence-corrected chi connectivity index (χ2v) is 4.94. The molecular weight excluding hydrogens is 260 g/mol. The Morgan fingerprint density at radius 1 is 0.733 bits per heavy atom. The lowest BCUT2D eigenvalue weighted by Gasteiger charge is -2.02. The van der Waals surface area contributed by atoms with Crippen LogP contribution in [0.15, 0.2) is 54.6 Å². The Morgan fingerprint density at radius 3 is 1.80 bits per heavy atom. The van der Waals surface area contributed by atoms with Gasteiger partial charge in [0.05, 0.1) is 0 Å². The minimum atomic E-state index is -0.00456. The summed E-state index contributed by atoms with van der Waals surface area (Å²) in [6.45, 7) is 0. The maximum Gasteiger partial charge on any atom is 0.404 e. The fourth-order valence-corrected chi connectivity index (χ4v) is 2.27. The fourth-order valence-electron chi connectivity index (χ4n) is 1.56. The Hall–Kier alpha value is -0.314. The van der Waals surface area contributed by atoms with Gasteiger partial charge in [0.1, 0.15) is 0 Å². The normalized spacial score (nSPS) is 8.87. The molecule has 0 aromatic heterocycles. The third-order valence-corrected chi connectivity index (χ3v) is 3.76. The lowest BCUT2D eigenvalue weighted by Crippen LogP contribution is -2.08. The van der Waals surface area contributed by atoms with Crippen LogP contribution in [-0.4, -0.2) is 20.4 Å². The molecule has 0 aliphatic rings. The molecule has 0 aliphatic carbocycles. The molecule has 2 aromatic carbocycles. The van der Waals surface area contributed by atoms with Gasteiger partial charge in [0.15, 0.2) is 0 Å². The number of hydrogen-bond acceptors (Lipinski definition) is 0. The number of halogens is 1. The van der Waals surface area contributed by atoms with Gasteiger partial charge >= 0.3 is 20.4 Å². The SMILES string of the molecule is Br.[CH3][Mg][c]1ccc(-c2ccccc2)cc1. The molecule has 0 spiro atoms. The summed E-state index contributed by atoms with van der Waals surface area (Å²) in [5.74, 6) is 0. The minimum Gasteiger partial charge on any atom is -0.174 e. The highest BCUT2D eigenvalue weighted by Gasteiger charge is 1.96. The Morgan fingerprint density at radius 2 is 1.27 bits per heavy atom. The van der Waals surface area contributed by atoms with Crippen LogP contribution in [0.1, 0.15) is 0 Å². The summed E-state index contributed by atoms with van der Waals surface area (Å²) in [4.78, 5) is 0. The van der Waals surface area contributed by atoms with Crippen LogP contribution in [0.25, 0.3) is 11.1 Å². The van der Waals surface area contributed by atoms with E-state index in [0.29, 0.717) is 0 Å². The minimum absolute atomic E-state index is 0. The van der Waals surface area contributed by atoms with Gasteiger partial charge in [-0.2, -0.15) is 3.69 Å². The van der Waals surface area contributed by atoms with Crippen molar-refractivity contribution >= 4 is 41.0 Å². The molecule has 0 amide bonds. The lowest BCUT2D eigenvalue weighted by atomic mass is 10.1. The topological polar surface area (TPSA) is 0 Å². The molecule has 2 rings (SSSR count). The van der Waals surface area contributed by atoms with Gasteiger partial charge in [-0.25, -0.2) is 0 Å². The predicted molar refractivity (Wildman–Crippen MR) is 73.5 cm³/mol. The average Bonchev–Trinajstić information content (AvgIpc) is 2.30. The largest absolute Gasteiger partial charge is 0.404 e. The smallest absolute Gasteiger partial charge is 0.174 e. The van der Waals surface area contributed by atoms with Crippen LogP contribution in [0.4, 0.5) is 0 Å². The van der Waals surface area contributed by atoms with Gasteiger partial charge < -0.3 is 0 Å². The zero-order valence-corrected chi connectivity index (χ0v) is 11.9. The van der Waals surface area contributed by atoms with E-state index in [0.717, 1.165) is 0 Å². The van der Waals surface area contributed by atoms with Crippen molar-refractivity contribution in [1.29, 1.82) is 0 Å². The van der Waals surface area contributed by atoms with E-state index in [1.54, 1.807) is 0 Å². The van der Waals surface area contributed by atoms with Gasteiger partial charge in [-0.1, -0.05) is 54.6 Å². The zero-order chi connectivity index (χ0) is 9.80. The standard InChI is InChI=1S/C12H9.CH3.BrH.Mg/c1-3-7-11(8-4-1)12-9-5-2-6-10-12;;;/h1,3-10H;1H3;1H;. The second kappa shape index (κ2) is 6.31. The van der Waals surface area contributed by atoms with E-state index < -0.39 is 0 Å². The molecule has 0 unspecified atom stereocenters. The first-order valence-electron chi connectivity index (χ1n) is 5.04. The Kier molecular flexibility index (Phi) is 5.36. The summed E-state index contributed by atoms with van der Waals surface area (Å²) in [7, 11) is 0. The van der Waals surface area contributed by atoms with E-state index in [9.17, 15) is 0 Å². The molecule has 2 aromatic rings.